The summed E-state index contributed by atoms with van der Waals surface area (Å²) in [6.07, 6.45) is 0.415. The third kappa shape index (κ3) is 4.39. The van der Waals surface area contributed by atoms with E-state index < -0.39 is 0 Å². The lowest BCUT2D eigenvalue weighted by atomic mass is 10.1. The summed E-state index contributed by atoms with van der Waals surface area (Å²) in [5.41, 5.74) is 4.04. The van der Waals surface area contributed by atoms with E-state index in [0.717, 1.165) is 55.4 Å². The van der Waals surface area contributed by atoms with Crippen LogP contribution >= 0.6 is 0 Å². The number of aryl methyl sites for hydroxylation is 1. The van der Waals surface area contributed by atoms with Crippen LogP contribution in [0.15, 0.2) is 30.3 Å². The first-order valence-corrected chi connectivity index (χ1v) is 9.62. The Morgan fingerprint density at radius 2 is 1.81 bits per heavy atom. The Balaban J connectivity index is 1.65. The van der Waals surface area contributed by atoms with E-state index in [4.69, 9.17) is 4.74 Å². The topological polar surface area (TPSA) is 50.6 Å². The van der Waals surface area contributed by atoms with Gasteiger partial charge in [-0.25, -0.2) is 4.68 Å². The second-order valence-electron chi connectivity index (χ2n) is 7.29. The fourth-order valence-electron chi connectivity index (χ4n) is 3.77. The highest BCUT2D eigenvalue weighted by molar-refractivity contribution is 5.79. The molecule has 3 rings (SSSR count). The van der Waals surface area contributed by atoms with E-state index in [9.17, 15) is 4.79 Å². The molecular weight excluding hydrogens is 340 g/mol. The molecule has 2 aromatic rings. The maximum Gasteiger partial charge on any atom is 0.227 e. The van der Waals surface area contributed by atoms with Crippen molar-refractivity contribution in [2.45, 2.75) is 33.2 Å². The van der Waals surface area contributed by atoms with Crippen LogP contribution in [0.25, 0.3) is 5.69 Å². The Morgan fingerprint density at radius 1 is 1.15 bits per heavy atom. The Labute approximate surface area is 161 Å². The van der Waals surface area contributed by atoms with Gasteiger partial charge in [-0.05, 0) is 32.9 Å². The minimum absolute atomic E-state index is 0.188. The molecule has 146 valence electrons. The second-order valence-corrected chi connectivity index (χ2v) is 7.29. The molecular formula is C21H30N4O2. The van der Waals surface area contributed by atoms with Gasteiger partial charge in [-0.1, -0.05) is 18.2 Å². The molecule has 1 amide bonds. The molecule has 27 heavy (non-hydrogen) atoms. The zero-order chi connectivity index (χ0) is 19.4. The molecule has 0 spiro atoms. The van der Waals surface area contributed by atoms with Gasteiger partial charge in [-0.15, -0.1) is 0 Å². The van der Waals surface area contributed by atoms with Crippen molar-refractivity contribution in [3.8, 4) is 5.69 Å². The van der Waals surface area contributed by atoms with Gasteiger partial charge >= 0.3 is 0 Å². The first-order valence-electron chi connectivity index (χ1n) is 9.62. The molecule has 6 heteroatoms. The molecule has 1 saturated heterocycles. The Bertz CT molecular complexity index is 764. The Kier molecular flexibility index (Phi) is 6.29. The highest BCUT2D eigenvalue weighted by Gasteiger charge is 2.25. The molecule has 0 bridgehead atoms. The molecule has 1 fully saturated rings. The van der Waals surface area contributed by atoms with E-state index in [1.165, 1.54) is 0 Å². The summed E-state index contributed by atoms with van der Waals surface area (Å²) >= 11 is 0. The number of rotatable bonds is 6. The largest absolute Gasteiger partial charge is 0.383 e. The lowest BCUT2D eigenvalue weighted by Crippen LogP contribution is -2.52. The molecule has 1 atom stereocenters. The predicted molar refractivity (Wildman–Crippen MR) is 106 cm³/mol. The fraction of sp³-hybridized carbons (Fsp3) is 0.524. The SMILES string of the molecule is COCC(C)N1CCN(C(=O)Cc2c(C)nn(-c3ccccc3)c2C)CC1. The number of amides is 1. The van der Waals surface area contributed by atoms with Crippen molar-refractivity contribution in [2.24, 2.45) is 0 Å². The van der Waals surface area contributed by atoms with Crippen molar-refractivity contribution in [2.75, 3.05) is 39.9 Å². The first kappa shape index (κ1) is 19.6. The molecule has 1 aromatic heterocycles. The average Bonchev–Trinajstić information content (AvgIpc) is 2.97. The van der Waals surface area contributed by atoms with Crippen molar-refractivity contribution in [3.05, 3.63) is 47.3 Å². The summed E-state index contributed by atoms with van der Waals surface area (Å²) < 4.78 is 7.18. The van der Waals surface area contributed by atoms with Crippen molar-refractivity contribution in [1.29, 1.82) is 0 Å². The van der Waals surface area contributed by atoms with E-state index in [1.54, 1.807) is 7.11 Å². The van der Waals surface area contributed by atoms with Crippen LogP contribution in [0, 0.1) is 13.8 Å². The van der Waals surface area contributed by atoms with Crippen molar-refractivity contribution < 1.29 is 9.53 Å². The molecule has 1 unspecified atom stereocenters. The first-order chi connectivity index (χ1) is 13.0. The number of aromatic nitrogens is 2. The monoisotopic (exact) mass is 370 g/mol. The second kappa shape index (κ2) is 8.67. The van der Waals surface area contributed by atoms with Gasteiger partial charge in [0.25, 0.3) is 0 Å². The highest BCUT2D eigenvalue weighted by atomic mass is 16.5. The van der Waals surface area contributed by atoms with Crippen LogP contribution in [0.1, 0.15) is 23.9 Å². The normalized spacial score (nSPS) is 16.5. The van der Waals surface area contributed by atoms with Crippen LogP contribution in [-0.4, -0.2) is 71.4 Å². The minimum Gasteiger partial charge on any atom is -0.383 e. The van der Waals surface area contributed by atoms with Gasteiger partial charge in [-0.2, -0.15) is 5.10 Å². The van der Waals surface area contributed by atoms with Crippen LogP contribution in [0.2, 0.25) is 0 Å². The summed E-state index contributed by atoms with van der Waals surface area (Å²) in [5, 5.41) is 4.66. The number of carbonyl (C=O) groups is 1. The Hall–Kier alpha value is -2.18. The summed E-state index contributed by atoms with van der Waals surface area (Å²) in [4.78, 5) is 17.2. The molecule has 1 aromatic carbocycles. The van der Waals surface area contributed by atoms with Gasteiger partial charge in [0.15, 0.2) is 0 Å². The van der Waals surface area contributed by atoms with Crippen molar-refractivity contribution >= 4 is 5.91 Å². The standard InChI is InChI=1S/C21H30N4O2/c1-16(15-27-4)23-10-12-24(13-11-23)21(26)14-20-17(2)22-25(18(20)3)19-8-6-5-7-9-19/h5-9,16H,10-15H2,1-4H3. The predicted octanol–water partition coefficient (Wildman–Crippen LogP) is 2.21. The van der Waals surface area contributed by atoms with Gasteiger partial charge < -0.3 is 9.64 Å². The summed E-state index contributed by atoms with van der Waals surface area (Å²) in [7, 11) is 1.73. The summed E-state index contributed by atoms with van der Waals surface area (Å²) in [6.45, 7) is 10.3. The number of para-hydroxylation sites is 1. The van der Waals surface area contributed by atoms with Gasteiger partial charge in [0.05, 0.1) is 24.4 Å². The van der Waals surface area contributed by atoms with E-state index in [1.807, 2.05) is 53.8 Å². The van der Waals surface area contributed by atoms with Crippen molar-refractivity contribution in [3.63, 3.8) is 0 Å². The highest BCUT2D eigenvalue weighted by Crippen LogP contribution is 2.19. The maximum atomic E-state index is 12.9. The summed E-state index contributed by atoms with van der Waals surface area (Å²) in [6, 6.07) is 10.5. The number of hydrogen-bond donors (Lipinski definition) is 0. The maximum absolute atomic E-state index is 12.9. The zero-order valence-electron chi connectivity index (χ0n) is 16.8. The third-order valence-corrected chi connectivity index (χ3v) is 5.47. The number of benzene rings is 1. The van der Waals surface area contributed by atoms with Gasteiger partial charge in [0, 0.05) is 50.6 Å². The van der Waals surface area contributed by atoms with Gasteiger partial charge in [0.1, 0.15) is 0 Å². The lowest BCUT2D eigenvalue weighted by molar-refractivity contribution is -0.132. The molecule has 1 aliphatic rings. The molecule has 0 radical (unpaired) electrons. The number of ether oxygens (including phenoxy) is 1. The molecule has 0 saturated carbocycles. The summed E-state index contributed by atoms with van der Waals surface area (Å²) in [5.74, 6) is 0.188. The lowest BCUT2D eigenvalue weighted by Gasteiger charge is -2.37. The van der Waals surface area contributed by atoms with Crippen LogP contribution in [0.4, 0.5) is 0 Å². The van der Waals surface area contributed by atoms with Gasteiger partial charge in [0.2, 0.25) is 5.91 Å². The smallest absolute Gasteiger partial charge is 0.227 e. The van der Waals surface area contributed by atoms with E-state index in [0.29, 0.717) is 12.5 Å². The Morgan fingerprint density at radius 3 is 2.44 bits per heavy atom. The van der Waals surface area contributed by atoms with Crippen LogP contribution < -0.4 is 0 Å². The minimum atomic E-state index is 0.188. The molecule has 0 N–H and O–H groups in total. The van der Waals surface area contributed by atoms with Crippen LogP contribution in [0.5, 0.6) is 0 Å². The number of piperazine rings is 1. The third-order valence-electron chi connectivity index (χ3n) is 5.47. The number of hydrogen-bond acceptors (Lipinski definition) is 4. The quantitative estimate of drug-likeness (QED) is 0.782. The van der Waals surface area contributed by atoms with Crippen LogP contribution in [0.3, 0.4) is 0 Å². The average molecular weight is 370 g/mol. The molecule has 0 aliphatic carbocycles. The number of methoxy groups -OCH3 is 1. The molecule has 6 nitrogen and oxygen atoms in total. The number of nitrogens with zero attached hydrogens (tertiary/aromatic N) is 4. The zero-order valence-corrected chi connectivity index (χ0v) is 16.8. The number of carbonyl (C=O) groups excluding carboxylic acids is 1. The van der Waals surface area contributed by atoms with Gasteiger partial charge in [-0.3, -0.25) is 9.69 Å². The van der Waals surface area contributed by atoms with E-state index in [-0.39, 0.29) is 5.91 Å². The molecule has 2 heterocycles. The van der Waals surface area contributed by atoms with Crippen molar-refractivity contribution in [1.82, 2.24) is 19.6 Å². The molecule has 1 aliphatic heterocycles. The van der Waals surface area contributed by atoms with E-state index in [2.05, 4.69) is 16.9 Å². The van der Waals surface area contributed by atoms with E-state index >= 15 is 0 Å². The van der Waals surface area contributed by atoms with Crippen LogP contribution in [-0.2, 0) is 16.0 Å². The fourth-order valence-corrected chi connectivity index (χ4v) is 3.77.